The van der Waals surface area contributed by atoms with Crippen molar-refractivity contribution in [3.8, 4) is 11.5 Å². The number of fused-ring (bicyclic) bond motifs is 1. The highest BCUT2D eigenvalue weighted by molar-refractivity contribution is 9.10. The fourth-order valence-electron chi connectivity index (χ4n) is 2.25. The average molecular weight is 359 g/mol. The van der Waals surface area contributed by atoms with Crippen molar-refractivity contribution in [3.63, 3.8) is 0 Å². The van der Waals surface area contributed by atoms with Crippen LogP contribution in [-0.4, -0.2) is 21.5 Å². The van der Waals surface area contributed by atoms with Crippen molar-refractivity contribution >= 4 is 15.9 Å². The van der Waals surface area contributed by atoms with Gasteiger partial charge in [-0.25, -0.2) is 9.97 Å². The number of nitrogens with one attached hydrogen (secondary N) is 1. The molecule has 3 heterocycles. The molecular formula is C13H10BrF3N4. The van der Waals surface area contributed by atoms with Crippen LogP contribution in [0.1, 0.15) is 17.0 Å². The summed E-state index contributed by atoms with van der Waals surface area (Å²) in [5.41, 5.74) is 0.00566. The summed E-state index contributed by atoms with van der Waals surface area (Å²) in [4.78, 5) is 12.0. The van der Waals surface area contributed by atoms with Crippen molar-refractivity contribution in [1.29, 1.82) is 0 Å². The van der Waals surface area contributed by atoms with E-state index in [1.54, 1.807) is 12.1 Å². The summed E-state index contributed by atoms with van der Waals surface area (Å²) in [5.74, 6) is -0.0164. The Morgan fingerprint density at radius 2 is 2.05 bits per heavy atom. The first kappa shape index (κ1) is 14.4. The molecule has 4 nitrogen and oxygen atoms in total. The van der Waals surface area contributed by atoms with Gasteiger partial charge >= 0.3 is 6.18 Å². The molecule has 2 aromatic rings. The van der Waals surface area contributed by atoms with E-state index in [0.29, 0.717) is 29.0 Å². The molecule has 1 N–H and O–H groups in total. The molecule has 1 aliphatic rings. The molecular weight excluding hydrogens is 349 g/mol. The monoisotopic (exact) mass is 358 g/mol. The fourth-order valence-corrected chi connectivity index (χ4v) is 2.68. The number of pyridine rings is 1. The van der Waals surface area contributed by atoms with Crippen LogP contribution < -0.4 is 5.32 Å². The summed E-state index contributed by atoms with van der Waals surface area (Å²) in [6.07, 6.45) is -2.73. The Hall–Kier alpha value is -1.54. The smallest absolute Gasteiger partial charge is 0.311 e. The van der Waals surface area contributed by atoms with Crippen molar-refractivity contribution < 1.29 is 13.2 Å². The van der Waals surface area contributed by atoms with Crippen molar-refractivity contribution in [1.82, 2.24) is 20.3 Å². The van der Waals surface area contributed by atoms with Gasteiger partial charge in [-0.15, -0.1) is 0 Å². The normalized spacial score (nSPS) is 14.9. The number of hydrogen-bond donors (Lipinski definition) is 1. The van der Waals surface area contributed by atoms with E-state index in [0.717, 1.165) is 0 Å². The van der Waals surface area contributed by atoms with E-state index in [1.165, 1.54) is 6.20 Å². The maximum absolute atomic E-state index is 13.2. The summed E-state index contributed by atoms with van der Waals surface area (Å²) in [6, 6.07) is 3.37. The third-order valence-corrected chi connectivity index (χ3v) is 3.82. The number of hydrogen-bond acceptors (Lipinski definition) is 4. The Kier molecular flexibility index (Phi) is 3.66. The second kappa shape index (κ2) is 5.34. The lowest BCUT2D eigenvalue weighted by Gasteiger charge is -2.21. The van der Waals surface area contributed by atoms with Crippen LogP contribution in [0.2, 0.25) is 0 Å². The Balaban J connectivity index is 2.22. The molecule has 0 spiro atoms. The lowest BCUT2D eigenvalue weighted by atomic mass is 10.0. The SMILES string of the molecule is FC(F)(F)c1nc(-c2ncccc2Br)nc2c1CCNC2. The molecule has 0 saturated carbocycles. The fraction of sp³-hybridized carbons (Fsp3) is 0.308. The molecule has 3 rings (SSSR count). The minimum atomic E-state index is -4.50. The van der Waals surface area contributed by atoms with Gasteiger partial charge in [-0.1, -0.05) is 0 Å². The maximum Gasteiger partial charge on any atom is 0.433 e. The Morgan fingerprint density at radius 1 is 1.24 bits per heavy atom. The van der Waals surface area contributed by atoms with Crippen LogP contribution in [-0.2, 0) is 19.1 Å². The van der Waals surface area contributed by atoms with Crippen molar-refractivity contribution in [2.24, 2.45) is 0 Å². The van der Waals surface area contributed by atoms with Gasteiger partial charge in [0.1, 0.15) is 5.69 Å². The predicted molar refractivity (Wildman–Crippen MR) is 73.4 cm³/mol. The molecule has 0 unspecified atom stereocenters. The summed E-state index contributed by atoms with van der Waals surface area (Å²) in [5, 5.41) is 3.02. The molecule has 1 aliphatic heterocycles. The van der Waals surface area contributed by atoms with Gasteiger partial charge in [-0.3, -0.25) is 4.98 Å². The largest absolute Gasteiger partial charge is 0.433 e. The van der Waals surface area contributed by atoms with Crippen LogP contribution in [0.5, 0.6) is 0 Å². The van der Waals surface area contributed by atoms with Gasteiger partial charge in [0.2, 0.25) is 0 Å². The van der Waals surface area contributed by atoms with Crippen molar-refractivity contribution in [3.05, 3.63) is 39.8 Å². The molecule has 0 amide bonds. The summed E-state index contributed by atoms with van der Waals surface area (Å²) in [7, 11) is 0. The van der Waals surface area contributed by atoms with Gasteiger partial charge in [0.05, 0.1) is 5.69 Å². The molecule has 0 aliphatic carbocycles. The quantitative estimate of drug-likeness (QED) is 0.851. The molecule has 21 heavy (non-hydrogen) atoms. The zero-order valence-electron chi connectivity index (χ0n) is 10.7. The van der Waals surface area contributed by atoms with Crippen molar-refractivity contribution in [2.45, 2.75) is 19.1 Å². The zero-order chi connectivity index (χ0) is 15.0. The highest BCUT2D eigenvalue weighted by Crippen LogP contribution is 2.34. The predicted octanol–water partition coefficient (Wildman–Crippen LogP) is 2.97. The lowest BCUT2D eigenvalue weighted by Crippen LogP contribution is -2.29. The Morgan fingerprint density at radius 3 is 2.76 bits per heavy atom. The van der Waals surface area contributed by atoms with E-state index in [4.69, 9.17) is 0 Å². The zero-order valence-corrected chi connectivity index (χ0v) is 12.3. The number of halogens is 4. The molecule has 0 fully saturated rings. The second-order valence-electron chi connectivity index (χ2n) is 4.58. The third kappa shape index (κ3) is 2.77. The number of nitrogens with zero attached hydrogens (tertiary/aromatic N) is 3. The molecule has 8 heteroatoms. The first-order chi connectivity index (χ1) is 9.97. The van der Waals surface area contributed by atoms with Crippen LogP contribution in [0.3, 0.4) is 0 Å². The standard InChI is InChI=1S/C13H10BrF3N4/c14-8-2-1-4-19-10(8)12-20-9-6-18-5-3-7(9)11(21-12)13(15,16)17/h1-2,4,18H,3,5-6H2. The van der Waals surface area contributed by atoms with Crippen LogP contribution in [0.15, 0.2) is 22.8 Å². The van der Waals surface area contributed by atoms with E-state index in [1.807, 2.05) is 0 Å². The number of alkyl halides is 3. The summed E-state index contributed by atoms with van der Waals surface area (Å²) < 4.78 is 40.2. The summed E-state index contributed by atoms with van der Waals surface area (Å²) >= 11 is 3.26. The molecule has 0 radical (unpaired) electrons. The molecule has 110 valence electrons. The van der Waals surface area contributed by atoms with E-state index in [-0.39, 0.29) is 17.8 Å². The van der Waals surface area contributed by atoms with Crippen LogP contribution in [0.25, 0.3) is 11.5 Å². The average Bonchev–Trinajstić information content (AvgIpc) is 2.45. The van der Waals surface area contributed by atoms with Gasteiger partial charge in [0.25, 0.3) is 0 Å². The van der Waals surface area contributed by atoms with Crippen LogP contribution in [0, 0.1) is 0 Å². The molecule has 0 bridgehead atoms. The van der Waals surface area contributed by atoms with E-state index in [2.05, 4.69) is 36.2 Å². The van der Waals surface area contributed by atoms with Crippen LogP contribution in [0.4, 0.5) is 13.2 Å². The Bertz CT molecular complexity index is 688. The lowest BCUT2D eigenvalue weighted by molar-refractivity contribution is -0.142. The highest BCUT2D eigenvalue weighted by atomic mass is 79.9. The molecule has 0 atom stereocenters. The highest BCUT2D eigenvalue weighted by Gasteiger charge is 2.38. The number of aromatic nitrogens is 3. The topological polar surface area (TPSA) is 50.7 Å². The Labute approximate surface area is 127 Å². The summed E-state index contributed by atoms with van der Waals surface area (Å²) in [6.45, 7) is 0.796. The van der Waals surface area contributed by atoms with E-state index < -0.39 is 11.9 Å². The van der Waals surface area contributed by atoms with E-state index in [9.17, 15) is 13.2 Å². The van der Waals surface area contributed by atoms with Gasteiger partial charge in [-0.05, 0) is 41.0 Å². The molecule has 2 aromatic heterocycles. The van der Waals surface area contributed by atoms with Gasteiger partial charge < -0.3 is 5.32 Å². The maximum atomic E-state index is 13.2. The second-order valence-corrected chi connectivity index (χ2v) is 5.43. The molecule has 0 saturated heterocycles. The van der Waals surface area contributed by atoms with Crippen LogP contribution >= 0.6 is 15.9 Å². The van der Waals surface area contributed by atoms with Gasteiger partial charge in [0.15, 0.2) is 11.5 Å². The van der Waals surface area contributed by atoms with Crippen molar-refractivity contribution in [2.75, 3.05) is 6.54 Å². The van der Waals surface area contributed by atoms with Gasteiger partial charge in [-0.2, -0.15) is 13.2 Å². The first-order valence-electron chi connectivity index (χ1n) is 6.25. The number of rotatable bonds is 1. The van der Waals surface area contributed by atoms with Gasteiger partial charge in [0, 0.05) is 22.8 Å². The minimum Gasteiger partial charge on any atom is -0.311 e. The third-order valence-electron chi connectivity index (χ3n) is 3.18. The first-order valence-corrected chi connectivity index (χ1v) is 7.04. The van der Waals surface area contributed by atoms with E-state index >= 15 is 0 Å². The molecule has 0 aromatic carbocycles. The minimum absolute atomic E-state index is 0.0164.